The van der Waals surface area contributed by atoms with E-state index in [2.05, 4.69) is 35.5 Å². The molecule has 1 aromatic rings. The van der Waals surface area contributed by atoms with Crippen LogP contribution in [-0.2, 0) is 9.59 Å². The predicted molar refractivity (Wildman–Crippen MR) is 133 cm³/mol. The van der Waals surface area contributed by atoms with Gasteiger partial charge in [0.2, 0.25) is 5.91 Å². The van der Waals surface area contributed by atoms with Gasteiger partial charge in [0.1, 0.15) is 17.7 Å². The molecule has 0 spiro atoms. The summed E-state index contributed by atoms with van der Waals surface area (Å²) in [4.78, 5) is 28.8. The number of amides is 1. The summed E-state index contributed by atoms with van der Waals surface area (Å²) in [6.07, 6.45) is 13.3. The van der Waals surface area contributed by atoms with Crippen LogP contribution in [0.15, 0.2) is 40.6 Å². The van der Waals surface area contributed by atoms with Gasteiger partial charge in [0, 0.05) is 19.4 Å². The third-order valence-electron chi connectivity index (χ3n) is 5.88. The van der Waals surface area contributed by atoms with Crippen LogP contribution >= 0.6 is 0 Å². The van der Waals surface area contributed by atoms with Crippen LogP contribution in [0, 0.1) is 24.2 Å². The lowest BCUT2D eigenvalue weighted by atomic mass is 9.74. The summed E-state index contributed by atoms with van der Waals surface area (Å²) in [5.74, 6) is 0.797. The fraction of sp³-hybridized carbons (Fsp3) is 0.593. The molecular weight excluding hydrogens is 416 g/mol. The summed E-state index contributed by atoms with van der Waals surface area (Å²) >= 11 is 0. The van der Waals surface area contributed by atoms with E-state index in [9.17, 15) is 14.7 Å². The van der Waals surface area contributed by atoms with Crippen molar-refractivity contribution < 1.29 is 19.1 Å². The Labute approximate surface area is 199 Å². The van der Waals surface area contributed by atoms with Crippen LogP contribution < -0.4 is 5.32 Å². The Hall–Kier alpha value is -2.47. The highest BCUT2D eigenvalue weighted by molar-refractivity contribution is 5.87. The van der Waals surface area contributed by atoms with Crippen molar-refractivity contribution in [2.45, 2.75) is 80.3 Å². The number of oxazole rings is 1. The standard InChI is InChI=1S/C20H33NO3.C7H9NO/c1-14-8-6-9-15(2)12-16(3)19(24)20(4,5)17(22)13-18(23)21-11-7-10-14;1-3-4-7-5-9-6(2)8-7/h6,8,10,15-17,22H,7,9,11-13H2,1-5H3,(H,21,23);3-5H,1-2H3/b8-6+,14-10-;4-3-. The van der Waals surface area contributed by atoms with Crippen LogP contribution in [-0.4, -0.2) is 34.4 Å². The zero-order chi connectivity index (χ0) is 25.0. The maximum Gasteiger partial charge on any atom is 0.222 e. The van der Waals surface area contributed by atoms with E-state index in [0.29, 0.717) is 18.4 Å². The minimum absolute atomic E-state index is 0.0294. The van der Waals surface area contributed by atoms with Crippen LogP contribution in [0.4, 0.5) is 0 Å². The third kappa shape index (κ3) is 10.3. The molecule has 0 radical (unpaired) electrons. The zero-order valence-electron chi connectivity index (χ0n) is 21.4. The van der Waals surface area contributed by atoms with E-state index < -0.39 is 11.5 Å². The molecule has 2 N–H and O–H groups in total. The Morgan fingerprint density at radius 3 is 2.55 bits per heavy atom. The Bertz CT molecular complexity index is 848. The third-order valence-corrected chi connectivity index (χ3v) is 5.88. The number of hydrogen-bond acceptors (Lipinski definition) is 5. The van der Waals surface area contributed by atoms with Gasteiger partial charge >= 0.3 is 0 Å². The van der Waals surface area contributed by atoms with Crippen LogP contribution in [0.25, 0.3) is 6.08 Å². The van der Waals surface area contributed by atoms with Gasteiger partial charge in [-0.3, -0.25) is 9.59 Å². The first-order valence-corrected chi connectivity index (χ1v) is 11.8. The fourth-order valence-electron chi connectivity index (χ4n) is 3.80. The molecule has 33 heavy (non-hydrogen) atoms. The number of ketones is 1. The number of allylic oxidation sites excluding steroid dienone is 4. The normalized spacial score (nSPS) is 27.8. The molecule has 1 amide bonds. The van der Waals surface area contributed by atoms with Crippen LogP contribution in [0.1, 0.15) is 78.8 Å². The molecule has 3 atom stereocenters. The number of aromatic nitrogens is 1. The van der Waals surface area contributed by atoms with Crippen molar-refractivity contribution in [3.8, 4) is 0 Å². The average molecular weight is 459 g/mol. The molecule has 1 aliphatic heterocycles. The second kappa shape index (κ2) is 13.9. The van der Waals surface area contributed by atoms with Crippen molar-refractivity contribution >= 4 is 17.8 Å². The Kier molecular flexibility index (Phi) is 12.1. The molecule has 3 unspecified atom stereocenters. The minimum atomic E-state index is -0.965. The van der Waals surface area contributed by atoms with Gasteiger partial charge in [-0.25, -0.2) is 4.98 Å². The first-order chi connectivity index (χ1) is 15.5. The van der Waals surface area contributed by atoms with Gasteiger partial charge in [-0.05, 0) is 45.1 Å². The largest absolute Gasteiger partial charge is 0.449 e. The summed E-state index contributed by atoms with van der Waals surface area (Å²) in [5, 5.41) is 13.2. The SMILES string of the molecule is C/C=C\c1coc(C)n1.CC1=C/CCNC(=O)CC(O)C(C)(C)C(=O)C(C)CC(C)C\C=C\1. The topological polar surface area (TPSA) is 92.4 Å². The number of aryl methyl sites for hydroxylation is 1. The number of hydrogen-bond donors (Lipinski definition) is 2. The monoisotopic (exact) mass is 458 g/mol. The summed E-state index contributed by atoms with van der Waals surface area (Å²) in [7, 11) is 0. The van der Waals surface area contributed by atoms with E-state index in [1.807, 2.05) is 39.8 Å². The van der Waals surface area contributed by atoms with E-state index in [1.54, 1.807) is 20.1 Å². The van der Waals surface area contributed by atoms with Gasteiger partial charge in [-0.2, -0.15) is 0 Å². The molecule has 0 fully saturated rings. The van der Waals surface area contributed by atoms with Crippen molar-refractivity contribution in [1.82, 2.24) is 10.3 Å². The molecule has 1 aliphatic rings. The van der Waals surface area contributed by atoms with Gasteiger partial charge < -0.3 is 14.8 Å². The molecule has 184 valence electrons. The van der Waals surface area contributed by atoms with Gasteiger partial charge in [0.15, 0.2) is 5.89 Å². The lowest BCUT2D eigenvalue weighted by Gasteiger charge is -2.32. The van der Waals surface area contributed by atoms with Crippen LogP contribution in [0.2, 0.25) is 0 Å². The summed E-state index contributed by atoms with van der Waals surface area (Å²) in [6, 6.07) is 0. The fourth-order valence-corrected chi connectivity index (χ4v) is 3.80. The number of aliphatic hydroxyl groups excluding tert-OH is 1. The van der Waals surface area contributed by atoms with E-state index in [0.717, 1.165) is 25.0 Å². The predicted octanol–water partition coefficient (Wildman–Crippen LogP) is 5.42. The highest BCUT2D eigenvalue weighted by atomic mass is 16.3. The summed E-state index contributed by atoms with van der Waals surface area (Å²) < 4.78 is 4.95. The molecule has 0 saturated heterocycles. The molecule has 0 bridgehead atoms. The van der Waals surface area contributed by atoms with Gasteiger partial charge in [0.25, 0.3) is 0 Å². The molecule has 1 aromatic heterocycles. The van der Waals surface area contributed by atoms with E-state index in [1.165, 1.54) is 5.57 Å². The maximum atomic E-state index is 12.8. The smallest absolute Gasteiger partial charge is 0.222 e. The molecule has 0 aromatic carbocycles. The lowest BCUT2D eigenvalue weighted by Crippen LogP contribution is -2.43. The Morgan fingerprint density at radius 2 is 1.94 bits per heavy atom. The zero-order valence-corrected chi connectivity index (χ0v) is 21.4. The number of aliphatic hydroxyl groups is 1. The minimum Gasteiger partial charge on any atom is -0.449 e. The van der Waals surface area contributed by atoms with Crippen molar-refractivity contribution in [2.24, 2.45) is 17.3 Å². The lowest BCUT2D eigenvalue weighted by molar-refractivity contribution is -0.139. The molecule has 0 aliphatic carbocycles. The quantitative estimate of drug-likeness (QED) is 0.586. The molecule has 2 rings (SSSR count). The van der Waals surface area contributed by atoms with Gasteiger partial charge in [-0.15, -0.1) is 0 Å². The average Bonchev–Trinajstić information content (AvgIpc) is 3.15. The highest BCUT2D eigenvalue weighted by Crippen LogP contribution is 2.31. The maximum absolute atomic E-state index is 12.8. The van der Waals surface area contributed by atoms with Crippen molar-refractivity contribution in [3.05, 3.63) is 47.7 Å². The number of Topliss-reactive ketones (excluding diaryl/α,β-unsaturated/α-hetero) is 1. The second-order valence-electron chi connectivity index (χ2n) is 9.56. The van der Waals surface area contributed by atoms with Crippen LogP contribution in [0.3, 0.4) is 0 Å². The highest BCUT2D eigenvalue weighted by Gasteiger charge is 2.39. The number of nitrogens with zero attached hydrogens (tertiary/aromatic N) is 1. The Balaban J connectivity index is 0.000000502. The first-order valence-electron chi connectivity index (χ1n) is 11.8. The molecular formula is C27H42N2O4. The van der Waals surface area contributed by atoms with Crippen molar-refractivity contribution in [3.63, 3.8) is 0 Å². The number of rotatable bonds is 1. The van der Waals surface area contributed by atoms with Crippen molar-refractivity contribution in [1.29, 1.82) is 0 Å². The molecule has 6 heteroatoms. The molecule has 6 nitrogen and oxygen atoms in total. The number of carbonyl (C=O) groups excluding carboxylic acids is 2. The Morgan fingerprint density at radius 1 is 1.24 bits per heavy atom. The van der Waals surface area contributed by atoms with E-state index in [-0.39, 0.29) is 24.0 Å². The molecule has 0 saturated carbocycles. The van der Waals surface area contributed by atoms with E-state index in [4.69, 9.17) is 4.42 Å². The number of nitrogens with one attached hydrogen (secondary N) is 1. The summed E-state index contributed by atoms with van der Waals surface area (Å²) in [5.41, 5.74) is 1.14. The summed E-state index contributed by atoms with van der Waals surface area (Å²) in [6.45, 7) is 13.9. The second-order valence-corrected chi connectivity index (χ2v) is 9.56. The van der Waals surface area contributed by atoms with E-state index >= 15 is 0 Å². The van der Waals surface area contributed by atoms with Gasteiger partial charge in [0.05, 0.1) is 17.9 Å². The van der Waals surface area contributed by atoms with Gasteiger partial charge in [-0.1, -0.05) is 57.6 Å². The van der Waals surface area contributed by atoms with Crippen molar-refractivity contribution in [2.75, 3.05) is 6.54 Å². The van der Waals surface area contributed by atoms with Crippen LogP contribution in [0.5, 0.6) is 0 Å². The first kappa shape index (κ1) is 28.6. The number of carbonyl (C=O) groups is 2. The molecule has 2 heterocycles.